The lowest BCUT2D eigenvalue weighted by Crippen LogP contribution is -2.32. The van der Waals surface area contributed by atoms with Crippen molar-refractivity contribution in [1.82, 2.24) is 19.7 Å². The monoisotopic (exact) mass is 449 g/mol. The third-order valence-electron chi connectivity index (χ3n) is 5.33. The number of benzene rings is 2. The van der Waals surface area contributed by atoms with E-state index in [9.17, 15) is 4.79 Å². The number of thiazole rings is 1. The Bertz CT molecular complexity index is 1170. The second-order valence-corrected chi connectivity index (χ2v) is 9.53. The molecule has 4 aromatic rings. The summed E-state index contributed by atoms with van der Waals surface area (Å²) < 4.78 is 3.27. The molecule has 158 valence electrons. The van der Waals surface area contributed by atoms with Crippen molar-refractivity contribution in [1.29, 1.82) is 0 Å². The molecule has 0 spiro atoms. The van der Waals surface area contributed by atoms with E-state index in [1.54, 1.807) is 16.2 Å². The molecule has 0 radical (unpaired) electrons. The number of fused-ring (bicyclic) bond motifs is 1. The zero-order chi connectivity index (χ0) is 21.2. The minimum atomic E-state index is 0.0359. The number of carbonyl (C=O) groups is 1. The molecule has 1 saturated carbocycles. The summed E-state index contributed by atoms with van der Waals surface area (Å²) in [5.74, 6) is 1.88. The molecule has 0 atom stereocenters. The van der Waals surface area contributed by atoms with Crippen molar-refractivity contribution >= 4 is 44.4 Å². The maximum Gasteiger partial charge on any atom is 0.239 e. The van der Waals surface area contributed by atoms with Gasteiger partial charge in [0.05, 0.1) is 22.5 Å². The number of nitrogens with zero attached hydrogens (tertiary/aromatic N) is 5. The van der Waals surface area contributed by atoms with Gasteiger partial charge in [0.2, 0.25) is 5.91 Å². The number of carbonyl (C=O) groups excluding carboxylic acids is 1. The molecule has 0 saturated heterocycles. The van der Waals surface area contributed by atoms with Crippen molar-refractivity contribution in [3.05, 3.63) is 66.0 Å². The maximum absolute atomic E-state index is 13.1. The topological polar surface area (TPSA) is 63.9 Å². The first kappa shape index (κ1) is 20.2. The Balaban J connectivity index is 1.33. The number of rotatable bonds is 8. The summed E-state index contributed by atoms with van der Waals surface area (Å²) >= 11 is 3.01. The van der Waals surface area contributed by atoms with E-state index in [0.29, 0.717) is 18.2 Å². The quantitative estimate of drug-likeness (QED) is 0.356. The van der Waals surface area contributed by atoms with Crippen molar-refractivity contribution in [2.75, 3.05) is 17.2 Å². The smallest absolute Gasteiger partial charge is 0.239 e. The van der Waals surface area contributed by atoms with Crippen molar-refractivity contribution in [2.24, 2.45) is 0 Å². The molecule has 1 aliphatic carbocycles. The van der Waals surface area contributed by atoms with Gasteiger partial charge in [0.25, 0.3) is 0 Å². The van der Waals surface area contributed by atoms with Crippen LogP contribution in [0.2, 0.25) is 0 Å². The highest BCUT2D eigenvalue weighted by atomic mass is 32.2. The average Bonchev–Trinajstić information content (AvgIpc) is 3.42. The first-order valence-corrected chi connectivity index (χ1v) is 12.3. The molecule has 2 aromatic carbocycles. The highest BCUT2D eigenvalue weighted by molar-refractivity contribution is 7.99. The van der Waals surface area contributed by atoms with Gasteiger partial charge in [-0.05, 0) is 37.5 Å². The van der Waals surface area contributed by atoms with Crippen molar-refractivity contribution in [3.8, 4) is 0 Å². The van der Waals surface area contributed by atoms with Crippen LogP contribution in [-0.2, 0) is 11.3 Å². The number of hydrogen-bond donors (Lipinski definition) is 0. The molecule has 2 heterocycles. The minimum absolute atomic E-state index is 0.0359. The predicted molar refractivity (Wildman–Crippen MR) is 126 cm³/mol. The van der Waals surface area contributed by atoms with Crippen LogP contribution in [0, 0.1) is 0 Å². The minimum Gasteiger partial charge on any atom is -0.301 e. The highest BCUT2D eigenvalue weighted by Gasteiger charge is 2.31. The van der Waals surface area contributed by atoms with Gasteiger partial charge in [-0.25, -0.2) is 4.98 Å². The van der Waals surface area contributed by atoms with E-state index in [1.165, 1.54) is 17.3 Å². The third-order valence-corrected chi connectivity index (χ3v) is 7.34. The first-order valence-electron chi connectivity index (χ1n) is 10.5. The summed E-state index contributed by atoms with van der Waals surface area (Å²) in [5.41, 5.74) is 2.14. The summed E-state index contributed by atoms with van der Waals surface area (Å²) in [6, 6.07) is 18.3. The fourth-order valence-electron chi connectivity index (χ4n) is 3.56. The molecule has 0 N–H and O–H groups in total. The normalized spacial score (nSPS) is 13.6. The average molecular weight is 450 g/mol. The van der Waals surface area contributed by atoms with Crippen molar-refractivity contribution < 1.29 is 4.79 Å². The van der Waals surface area contributed by atoms with Gasteiger partial charge in [0, 0.05) is 12.5 Å². The second kappa shape index (κ2) is 8.80. The molecule has 5 rings (SSSR count). The zero-order valence-corrected chi connectivity index (χ0v) is 18.9. The Morgan fingerprint density at radius 2 is 1.90 bits per heavy atom. The Morgan fingerprint density at radius 1 is 1.13 bits per heavy atom. The van der Waals surface area contributed by atoms with E-state index in [4.69, 9.17) is 0 Å². The number of para-hydroxylation sites is 1. The third kappa shape index (κ3) is 4.36. The van der Waals surface area contributed by atoms with Crippen LogP contribution in [0.5, 0.6) is 0 Å². The molecule has 0 aliphatic heterocycles. The lowest BCUT2D eigenvalue weighted by atomic mass is 10.2. The van der Waals surface area contributed by atoms with Crippen LogP contribution in [0.25, 0.3) is 10.2 Å². The molecule has 31 heavy (non-hydrogen) atoms. The lowest BCUT2D eigenvalue weighted by molar-refractivity contribution is -0.116. The number of aromatic nitrogens is 4. The standard InChI is InChI=1S/C23H23N5OS2/c1-2-27(22-24-18-10-6-7-11-19(18)31-22)20(29)15-30-23-26-25-21(17-12-13-17)28(23)14-16-8-4-3-5-9-16/h3-11,17H,2,12-15H2,1H3. The largest absolute Gasteiger partial charge is 0.301 e. The van der Waals surface area contributed by atoms with Gasteiger partial charge in [-0.3, -0.25) is 9.69 Å². The van der Waals surface area contributed by atoms with E-state index in [0.717, 1.165) is 45.7 Å². The maximum atomic E-state index is 13.1. The summed E-state index contributed by atoms with van der Waals surface area (Å²) in [6.07, 6.45) is 2.33. The van der Waals surface area contributed by atoms with Crippen molar-refractivity contribution in [2.45, 2.75) is 37.4 Å². The number of thioether (sulfide) groups is 1. The van der Waals surface area contributed by atoms with Gasteiger partial charge in [-0.1, -0.05) is 65.6 Å². The molecule has 8 heteroatoms. The van der Waals surface area contributed by atoms with E-state index in [-0.39, 0.29) is 5.91 Å². The fourth-order valence-corrected chi connectivity index (χ4v) is 5.43. The molecule has 6 nitrogen and oxygen atoms in total. The fraction of sp³-hybridized carbons (Fsp3) is 0.304. The number of hydrogen-bond acceptors (Lipinski definition) is 6. The van der Waals surface area contributed by atoms with Crippen LogP contribution in [-0.4, -0.2) is 38.0 Å². The molecule has 0 unspecified atom stereocenters. The van der Waals surface area contributed by atoms with Crippen LogP contribution >= 0.6 is 23.1 Å². The van der Waals surface area contributed by atoms with E-state index in [2.05, 4.69) is 31.9 Å². The Kier molecular flexibility index (Phi) is 5.74. The summed E-state index contributed by atoms with van der Waals surface area (Å²) in [6.45, 7) is 3.30. The first-order chi connectivity index (χ1) is 15.2. The highest BCUT2D eigenvalue weighted by Crippen LogP contribution is 2.40. The molecule has 1 aliphatic rings. The predicted octanol–water partition coefficient (Wildman–Crippen LogP) is 4.96. The molecular weight excluding hydrogens is 426 g/mol. The van der Waals surface area contributed by atoms with Gasteiger partial charge < -0.3 is 4.57 Å². The van der Waals surface area contributed by atoms with Crippen LogP contribution < -0.4 is 4.90 Å². The Labute approximate surface area is 189 Å². The van der Waals surface area contributed by atoms with Crippen LogP contribution in [0.15, 0.2) is 59.8 Å². The SMILES string of the molecule is CCN(C(=O)CSc1nnc(C2CC2)n1Cc1ccccc1)c1nc2ccccc2s1. The van der Waals surface area contributed by atoms with Crippen LogP contribution in [0.1, 0.15) is 37.1 Å². The zero-order valence-electron chi connectivity index (χ0n) is 17.3. The Morgan fingerprint density at radius 3 is 2.65 bits per heavy atom. The Hall–Kier alpha value is -2.71. The van der Waals surface area contributed by atoms with E-state index in [1.807, 2.05) is 49.4 Å². The van der Waals surface area contributed by atoms with Gasteiger partial charge in [0.15, 0.2) is 10.3 Å². The molecular formula is C23H23N5OS2. The number of anilines is 1. The number of amides is 1. The van der Waals surface area contributed by atoms with Crippen LogP contribution in [0.4, 0.5) is 5.13 Å². The van der Waals surface area contributed by atoms with Gasteiger partial charge in [0.1, 0.15) is 5.82 Å². The molecule has 1 amide bonds. The molecule has 2 aromatic heterocycles. The van der Waals surface area contributed by atoms with Gasteiger partial charge in [-0.2, -0.15) is 0 Å². The second-order valence-electron chi connectivity index (χ2n) is 7.58. The van der Waals surface area contributed by atoms with E-state index >= 15 is 0 Å². The lowest BCUT2D eigenvalue weighted by Gasteiger charge is -2.17. The van der Waals surface area contributed by atoms with Gasteiger partial charge in [-0.15, -0.1) is 10.2 Å². The van der Waals surface area contributed by atoms with Crippen molar-refractivity contribution in [3.63, 3.8) is 0 Å². The molecule has 1 fully saturated rings. The summed E-state index contributed by atoms with van der Waals surface area (Å²) in [4.78, 5) is 19.5. The van der Waals surface area contributed by atoms with Gasteiger partial charge >= 0.3 is 0 Å². The van der Waals surface area contributed by atoms with Crippen LogP contribution in [0.3, 0.4) is 0 Å². The van der Waals surface area contributed by atoms with E-state index < -0.39 is 0 Å². The summed E-state index contributed by atoms with van der Waals surface area (Å²) in [7, 11) is 0. The molecule has 0 bridgehead atoms. The summed E-state index contributed by atoms with van der Waals surface area (Å²) in [5, 5.41) is 10.4.